The van der Waals surface area contributed by atoms with Crippen molar-refractivity contribution < 1.29 is 4.79 Å². The van der Waals surface area contributed by atoms with Crippen LogP contribution in [0.25, 0.3) is 0 Å². The molecule has 1 aliphatic carbocycles. The molecule has 0 atom stereocenters. The maximum Gasteiger partial charge on any atom is 0.328 e. The lowest BCUT2D eigenvalue weighted by molar-refractivity contribution is 0.0970. The van der Waals surface area contributed by atoms with Crippen LogP contribution in [0.2, 0.25) is 5.02 Å². The number of nitrogens with zero attached hydrogens (tertiary/aromatic N) is 1. The van der Waals surface area contributed by atoms with Crippen molar-refractivity contribution in [3.05, 3.63) is 66.9 Å². The van der Waals surface area contributed by atoms with E-state index in [4.69, 9.17) is 11.6 Å². The van der Waals surface area contributed by atoms with Crippen molar-refractivity contribution in [3.8, 4) is 0 Å². The smallest absolute Gasteiger partial charge is 0.292 e. The van der Waals surface area contributed by atoms with Crippen LogP contribution in [-0.4, -0.2) is 15.3 Å². The van der Waals surface area contributed by atoms with E-state index in [-0.39, 0.29) is 17.4 Å². The molecular formula is C15H13ClN2O3. The number of fused-ring (bicyclic) bond motifs is 1. The predicted octanol–water partition coefficient (Wildman–Crippen LogP) is 1.56. The third kappa shape index (κ3) is 2.69. The third-order valence-corrected chi connectivity index (χ3v) is 3.97. The van der Waals surface area contributed by atoms with E-state index in [1.54, 1.807) is 6.07 Å². The molecule has 0 saturated heterocycles. The number of carbonyl (C=O) groups excluding carboxylic acids is 1. The summed E-state index contributed by atoms with van der Waals surface area (Å²) in [6.07, 6.45) is 4.34. The normalized spacial score (nSPS) is 13.2. The number of halogens is 1. The van der Waals surface area contributed by atoms with Gasteiger partial charge in [0.1, 0.15) is 5.02 Å². The first-order valence-electron chi connectivity index (χ1n) is 6.69. The van der Waals surface area contributed by atoms with E-state index in [2.05, 4.69) is 4.98 Å². The van der Waals surface area contributed by atoms with Crippen molar-refractivity contribution in [2.24, 2.45) is 0 Å². The SMILES string of the molecule is O=C(Cn1cc(Cl)c(=O)[nH]c1=O)c1ccc2c(c1)CCC2. The molecular weight excluding hydrogens is 292 g/mol. The van der Waals surface area contributed by atoms with Gasteiger partial charge in [0.25, 0.3) is 5.56 Å². The second-order valence-corrected chi connectivity index (χ2v) is 5.53. The number of hydrogen-bond acceptors (Lipinski definition) is 3. The van der Waals surface area contributed by atoms with Gasteiger partial charge >= 0.3 is 5.69 Å². The molecule has 6 heteroatoms. The summed E-state index contributed by atoms with van der Waals surface area (Å²) in [6.45, 7) is -0.145. The minimum atomic E-state index is -0.650. The molecule has 0 radical (unpaired) electrons. The average Bonchev–Trinajstić information content (AvgIpc) is 2.92. The molecule has 0 spiro atoms. The summed E-state index contributed by atoms with van der Waals surface area (Å²) in [5.41, 5.74) is 1.77. The summed E-state index contributed by atoms with van der Waals surface area (Å²) in [6, 6.07) is 5.64. The van der Waals surface area contributed by atoms with Gasteiger partial charge in [-0.05, 0) is 36.5 Å². The van der Waals surface area contributed by atoms with Gasteiger partial charge in [0.05, 0.1) is 6.54 Å². The van der Waals surface area contributed by atoms with Crippen LogP contribution in [-0.2, 0) is 19.4 Å². The maximum atomic E-state index is 12.3. The molecule has 0 fully saturated rings. The number of aromatic amines is 1. The Kier molecular flexibility index (Phi) is 3.51. The van der Waals surface area contributed by atoms with Crippen LogP contribution < -0.4 is 11.2 Å². The number of aryl methyl sites for hydroxylation is 2. The Balaban J connectivity index is 1.88. The van der Waals surface area contributed by atoms with Crippen molar-refractivity contribution in [1.29, 1.82) is 0 Å². The number of H-pyrrole nitrogens is 1. The Morgan fingerprint density at radius 2 is 2.00 bits per heavy atom. The molecule has 3 rings (SSSR count). The summed E-state index contributed by atoms with van der Waals surface area (Å²) in [5, 5.41) is -0.114. The van der Waals surface area contributed by atoms with Crippen LogP contribution in [0.15, 0.2) is 34.0 Å². The van der Waals surface area contributed by atoms with E-state index in [1.165, 1.54) is 17.3 Å². The molecule has 0 unspecified atom stereocenters. The number of nitrogens with one attached hydrogen (secondary N) is 1. The highest BCUT2D eigenvalue weighted by Crippen LogP contribution is 2.23. The number of ketones is 1. The molecule has 0 amide bonds. The zero-order valence-corrected chi connectivity index (χ0v) is 11.9. The number of aromatic nitrogens is 2. The third-order valence-electron chi connectivity index (χ3n) is 3.70. The number of Topliss-reactive ketones (excluding diaryl/α,β-unsaturated/α-hetero) is 1. The summed E-state index contributed by atoms with van der Waals surface area (Å²) < 4.78 is 1.11. The van der Waals surface area contributed by atoms with Crippen molar-refractivity contribution >= 4 is 17.4 Å². The minimum absolute atomic E-state index is 0.114. The number of hydrogen-bond donors (Lipinski definition) is 1. The fraction of sp³-hybridized carbons (Fsp3) is 0.267. The fourth-order valence-corrected chi connectivity index (χ4v) is 2.76. The molecule has 1 aromatic heterocycles. The van der Waals surface area contributed by atoms with Crippen LogP contribution >= 0.6 is 11.6 Å². The topological polar surface area (TPSA) is 71.9 Å². The fourth-order valence-electron chi connectivity index (χ4n) is 2.59. The Bertz CT molecular complexity index is 836. The van der Waals surface area contributed by atoms with Crippen LogP contribution in [0.5, 0.6) is 0 Å². The van der Waals surface area contributed by atoms with Gasteiger partial charge in [0.15, 0.2) is 5.78 Å². The molecule has 0 bridgehead atoms. The van der Waals surface area contributed by atoms with Crippen LogP contribution in [0, 0.1) is 0 Å². The molecule has 0 saturated carbocycles. The van der Waals surface area contributed by atoms with Gasteiger partial charge in [-0.15, -0.1) is 0 Å². The Morgan fingerprint density at radius 1 is 1.24 bits per heavy atom. The van der Waals surface area contributed by atoms with Gasteiger partial charge < -0.3 is 0 Å². The molecule has 1 heterocycles. The van der Waals surface area contributed by atoms with E-state index in [1.807, 2.05) is 12.1 Å². The lowest BCUT2D eigenvalue weighted by Gasteiger charge is -2.06. The standard InChI is InChI=1S/C15H13ClN2O3/c16-12-7-18(15(21)17-14(12)20)8-13(19)11-5-4-9-2-1-3-10(9)6-11/h4-7H,1-3,8H2,(H,17,20,21). The van der Waals surface area contributed by atoms with E-state index in [9.17, 15) is 14.4 Å². The van der Waals surface area contributed by atoms with Crippen LogP contribution in [0.1, 0.15) is 27.9 Å². The van der Waals surface area contributed by atoms with Gasteiger partial charge in [-0.2, -0.15) is 0 Å². The average molecular weight is 305 g/mol. The summed E-state index contributed by atoms with van der Waals surface area (Å²) in [4.78, 5) is 37.2. The van der Waals surface area contributed by atoms with Gasteiger partial charge in [-0.1, -0.05) is 23.7 Å². The number of carbonyl (C=O) groups is 1. The zero-order chi connectivity index (χ0) is 15.0. The van der Waals surface area contributed by atoms with Gasteiger partial charge in [0.2, 0.25) is 0 Å². The molecule has 0 aliphatic heterocycles. The van der Waals surface area contributed by atoms with E-state index in [0.717, 1.165) is 23.8 Å². The minimum Gasteiger partial charge on any atom is -0.292 e. The van der Waals surface area contributed by atoms with Gasteiger partial charge in [0, 0.05) is 11.8 Å². The maximum absolute atomic E-state index is 12.3. The second-order valence-electron chi connectivity index (χ2n) is 5.12. The molecule has 2 aromatic rings. The van der Waals surface area contributed by atoms with E-state index in [0.29, 0.717) is 5.56 Å². The number of benzene rings is 1. The van der Waals surface area contributed by atoms with Crippen molar-refractivity contribution in [3.63, 3.8) is 0 Å². The molecule has 1 aliphatic rings. The largest absolute Gasteiger partial charge is 0.328 e. The Labute approximate surface area is 125 Å². The van der Waals surface area contributed by atoms with Crippen LogP contribution in [0.4, 0.5) is 0 Å². The Hall–Kier alpha value is -2.14. The van der Waals surface area contributed by atoms with Crippen molar-refractivity contribution in [2.75, 3.05) is 0 Å². The molecule has 108 valence electrons. The highest BCUT2D eigenvalue weighted by atomic mass is 35.5. The highest BCUT2D eigenvalue weighted by Gasteiger charge is 2.15. The lowest BCUT2D eigenvalue weighted by Crippen LogP contribution is -2.31. The summed E-state index contributed by atoms with van der Waals surface area (Å²) >= 11 is 5.68. The first-order valence-corrected chi connectivity index (χ1v) is 7.06. The molecule has 5 nitrogen and oxygen atoms in total. The van der Waals surface area contributed by atoms with E-state index < -0.39 is 11.2 Å². The van der Waals surface area contributed by atoms with Crippen LogP contribution in [0.3, 0.4) is 0 Å². The summed E-state index contributed by atoms with van der Waals surface area (Å²) in [5.74, 6) is -0.185. The van der Waals surface area contributed by atoms with Gasteiger partial charge in [-0.25, -0.2) is 4.79 Å². The first-order chi connectivity index (χ1) is 10.0. The quantitative estimate of drug-likeness (QED) is 0.875. The van der Waals surface area contributed by atoms with Crippen molar-refractivity contribution in [1.82, 2.24) is 9.55 Å². The summed E-state index contributed by atoms with van der Waals surface area (Å²) in [7, 11) is 0. The predicted molar refractivity (Wildman–Crippen MR) is 79.1 cm³/mol. The van der Waals surface area contributed by atoms with Gasteiger partial charge in [-0.3, -0.25) is 19.1 Å². The number of rotatable bonds is 3. The molecule has 1 N–H and O–H groups in total. The molecule has 21 heavy (non-hydrogen) atoms. The highest BCUT2D eigenvalue weighted by molar-refractivity contribution is 6.30. The van der Waals surface area contributed by atoms with E-state index >= 15 is 0 Å². The second kappa shape index (κ2) is 5.33. The Morgan fingerprint density at radius 3 is 2.81 bits per heavy atom. The first kappa shape index (κ1) is 13.8. The monoisotopic (exact) mass is 304 g/mol. The molecule has 1 aromatic carbocycles. The lowest BCUT2D eigenvalue weighted by atomic mass is 10.0. The van der Waals surface area contributed by atoms with Crippen molar-refractivity contribution in [2.45, 2.75) is 25.8 Å². The zero-order valence-electron chi connectivity index (χ0n) is 11.2.